The normalized spacial score (nSPS) is 15.5. The maximum absolute atomic E-state index is 11.1. The lowest BCUT2D eigenvalue weighted by Gasteiger charge is -2.08. The molecule has 0 saturated carbocycles. The second kappa shape index (κ2) is 4.51. The summed E-state index contributed by atoms with van der Waals surface area (Å²) in [6.45, 7) is 1.62. The molecule has 1 aromatic heterocycles. The van der Waals surface area contributed by atoms with Crippen molar-refractivity contribution in [2.45, 2.75) is 45.4 Å². The molecule has 3 heteroatoms. The van der Waals surface area contributed by atoms with Crippen molar-refractivity contribution in [1.82, 2.24) is 9.97 Å². The van der Waals surface area contributed by atoms with Crippen LogP contribution < -0.4 is 0 Å². The van der Waals surface area contributed by atoms with Gasteiger partial charge in [0.1, 0.15) is 12.1 Å². The topological polar surface area (TPSA) is 42.9 Å². The van der Waals surface area contributed by atoms with Crippen LogP contribution in [-0.4, -0.2) is 15.8 Å². The van der Waals surface area contributed by atoms with Gasteiger partial charge in [0.05, 0.1) is 5.69 Å². The van der Waals surface area contributed by atoms with Crippen molar-refractivity contribution in [3.63, 3.8) is 0 Å². The number of aryl methyl sites for hydroxylation is 1. The Bertz CT molecular complexity index is 374. The summed E-state index contributed by atoms with van der Waals surface area (Å²) in [5.41, 5.74) is 3.36. The summed E-state index contributed by atoms with van der Waals surface area (Å²) in [5, 5.41) is 0. The summed E-state index contributed by atoms with van der Waals surface area (Å²) in [7, 11) is 0. The molecule has 1 aliphatic rings. The van der Waals surface area contributed by atoms with Crippen molar-refractivity contribution in [3.8, 4) is 0 Å². The Hall–Kier alpha value is -1.25. The highest BCUT2D eigenvalue weighted by Gasteiger charge is 2.14. The zero-order valence-corrected chi connectivity index (χ0v) is 9.12. The highest BCUT2D eigenvalue weighted by molar-refractivity contribution is 5.78. The van der Waals surface area contributed by atoms with E-state index in [-0.39, 0.29) is 5.78 Å². The maximum Gasteiger partial charge on any atom is 0.135 e. The molecule has 0 spiro atoms. The van der Waals surface area contributed by atoms with Crippen LogP contribution in [0.15, 0.2) is 6.33 Å². The van der Waals surface area contributed by atoms with E-state index in [0.29, 0.717) is 6.42 Å². The quantitative estimate of drug-likeness (QED) is 0.691. The molecule has 0 bridgehead atoms. The van der Waals surface area contributed by atoms with E-state index in [9.17, 15) is 4.79 Å². The molecule has 1 aromatic rings. The molecule has 0 aliphatic heterocycles. The van der Waals surface area contributed by atoms with Gasteiger partial charge in [-0.1, -0.05) is 6.42 Å². The molecule has 0 saturated heterocycles. The van der Waals surface area contributed by atoms with Crippen molar-refractivity contribution < 1.29 is 4.79 Å². The molecule has 1 aliphatic carbocycles. The van der Waals surface area contributed by atoms with E-state index < -0.39 is 0 Å². The predicted molar refractivity (Wildman–Crippen MR) is 57.7 cm³/mol. The summed E-state index contributed by atoms with van der Waals surface area (Å²) >= 11 is 0. The van der Waals surface area contributed by atoms with Crippen molar-refractivity contribution in [2.24, 2.45) is 0 Å². The summed E-state index contributed by atoms with van der Waals surface area (Å²) < 4.78 is 0. The Morgan fingerprint density at radius 2 is 2.07 bits per heavy atom. The maximum atomic E-state index is 11.1. The van der Waals surface area contributed by atoms with E-state index in [0.717, 1.165) is 18.5 Å². The van der Waals surface area contributed by atoms with Crippen LogP contribution in [0.3, 0.4) is 0 Å². The van der Waals surface area contributed by atoms with Gasteiger partial charge in [-0.3, -0.25) is 4.79 Å². The minimum atomic E-state index is 0.181. The molecule has 80 valence electrons. The Balaban J connectivity index is 2.34. The summed E-state index contributed by atoms with van der Waals surface area (Å²) in [6, 6.07) is 0. The minimum Gasteiger partial charge on any atom is -0.300 e. The van der Waals surface area contributed by atoms with Crippen LogP contribution in [0, 0.1) is 0 Å². The number of hydrogen-bond acceptors (Lipinski definition) is 3. The first kappa shape index (κ1) is 10.3. The van der Waals surface area contributed by atoms with Gasteiger partial charge in [0.15, 0.2) is 0 Å². The lowest BCUT2D eigenvalue weighted by atomic mass is 10.0. The molecule has 0 atom stereocenters. The van der Waals surface area contributed by atoms with Crippen LogP contribution in [0.2, 0.25) is 0 Å². The SMILES string of the molecule is CC(=O)Cc1ncnc2c1CCCCC2. The second-order valence-corrected chi connectivity index (χ2v) is 4.19. The molecule has 0 unspecified atom stereocenters. The first-order chi connectivity index (χ1) is 7.27. The fourth-order valence-electron chi connectivity index (χ4n) is 2.15. The zero-order chi connectivity index (χ0) is 10.7. The molecule has 0 aromatic carbocycles. The first-order valence-corrected chi connectivity index (χ1v) is 5.58. The summed E-state index contributed by atoms with van der Waals surface area (Å²) in [4.78, 5) is 19.7. The van der Waals surface area contributed by atoms with Gasteiger partial charge in [-0.25, -0.2) is 9.97 Å². The smallest absolute Gasteiger partial charge is 0.135 e. The molecule has 15 heavy (non-hydrogen) atoms. The molecule has 0 radical (unpaired) electrons. The van der Waals surface area contributed by atoms with Gasteiger partial charge in [0.2, 0.25) is 0 Å². The third-order valence-electron chi connectivity index (χ3n) is 2.88. The van der Waals surface area contributed by atoms with Gasteiger partial charge < -0.3 is 0 Å². The first-order valence-electron chi connectivity index (χ1n) is 5.58. The van der Waals surface area contributed by atoms with Crippen molar-refractivity contribution in [3.05, 3.63) is 23.3 Å². The number of hydrogen-bond donors (Lipinski definition) is 0. The van der Waals surface area contributed by atoms with Crippen LogP contribution in [-0.2, 0) is 24.1 Å². The number of fused-ring (bicyclic) bond motifs is 1. The number of aromatic nitrogens is 2. The summed E-state index contributed by atoms with van der Waals surface area (Å²) in [5.74, 6) is 0.181. The van der Waals surface area contributed by atoms with Gasteiger partial charge in [-0.15, -0.1) is 0 Å². The molecule has 0 amide bonds. The lowest BCUT2D eigenvalue weighted by molar-refractivity contribution is -0.116. The molecular weight excluding hydrogens is 188 g/mol. The predicted octanol–water partition coefficient (Wildman–Crippen LogP) is 1.88. The van der Waals surface area contributed by atoms with Gasteiger partial charge in [0, 0.05) is 12.1 Å². The van der Waals surface area contributed by atoms with E-state index in [2.05, 4.69) is 9.97 Å². The third-order valence-corrected chi connectivity index (χ3v) is 2.88. The fourth-order valence-corrected chi connectivity index (χ4v) is 2.15. The van der Waals surface area contributed by atoms with Crippen molar-refractivity contribution in [2.75, 3.05) is 0 Å². The average Bonchev–Trinajstić information content (AvgIpc) is 2.42. The molecule has 3 nitrogen and oxygen atoms in total. The number of rotatable bonds is 2. The van der Waals surface area contributed by atoms with Crippen molar-refractivity contribution in [1.29, 1.82) is 0 Å². The van der Waals surface area contributed by atoms with E-state index in [1.165, 1.54) is 30.5 Å². The highest BCUT2D eigenvalue weighted by Crippen LogP contribution is 2.21. The fraction of sp³-hybridized carbons (Fsp3) is 0.583. The van der Waals surface area contributed by atoms with Crippen LogP contribution in [0.25, 0.3) is 0 Å². The number of carbonyl (C=O) groups excluding carboxylic acids is 1. The number of nitrogens with zero attached hydrogens (tertiary/aromatic N) is 2. The molecular formula is C12H16N2O. The van der Waals surface area contributed by atoms with Crippen LogP contribution in [0.4, 0.5) is 0 Å². The number of Topliss-reactive ketones (excluding diaryl/α,β-unsaturated/α-hetero) is 1. The van der Waals surface area contributed by atoms with E-state index in [1.807, 2.05) is 0 Å². The Labute approximate surface area is 89.9 Å². The zero-order valence-electron chi connectivity index (χ0n) is 9.12. The minimum absolute atomic E-state index is 0.181. The van der Waals surface area contributed by atoms with Gasteiger partial charge in [-0.2, -0.15) is 0 Å². The Morgan fingerprint density at radius 1 is 1.27 bits per heavy atom. The largest absolute Gasteiger partial charge is 0.300 e. The van der Waals surface area contributed by atoms with Gasteiger partial charge in [-0.05, 0) is 38.2 Å². The third kappa shape index (κ3) is 2.41. The van der Waals surface area contributed by atoms with E-state index in [4.69, 9.17) is 0 Å². The second-order valence-electron chi connectivity index (χ2n) is 4.19. The molecule has 2 rings (SSSR count). The number of carbonyl (C=O) groups is 1. The van der Waals surface area contributed by atoms with Crippen LogP contribution in [0.1, 0.15) is 43.1 Å². The molecule has 1 heterocycles. The number of ketones is 1. The van der Waals surface area contributed by atoms with E-state index >= 15 is 0 Å². The van der Waals surface area contributed by atoms with Crippen molar-refractivity contribution >= 4 is 5.78 Å². The van der Waals surface area contributed by atoms with Crippen LogP contribution >= 0.6 is 0 Å². The highest BCUT2D eigenvalue weighted by atomic mass is 16.1. The van der Waals surface area contributed by atoms with E-state index in [1.54, 1.807) is 13.3 Å². The Kier molecular flexibility index (Phi) is 3.09. The Morgan fingerprint density at radius 3 is 2.87 bits per heavy atom. The van der Waals surface area contributed by atoms with Gasteiger partial charge >= 0.3 is 0 Å². The average molecular weight is 204 g/mol. The standard InChI is InChI=1S/C12H16N2O/c1-9(15)7-12-10-5-3-2-4-6-11(10)13-8-14-12/h8H,2-7H2,1H3. The summed E-state index contributed by atoms with van der Waals surface area (Å²) in [6.07, 6.45) is 7.82. The molecule has 0 fully saturated rings. The van der Waals surface area contributed by atoms with Gasteiger partial charge in [0.25, 0.3) is 0 Å². The monoisotopic (exact) mass is 204 g/mol. The lowest BCUT2D eigenvalue weighted by Crippen LogP contribution is -2.07. The van der Waals surface area contributed by atoms with Crippen LogP contribution in [0.5, 0.6) is 0 Å². The molecule has 0 N–H and O–H groups in total.